The largest absolute Gasteiger partial charge is 0.310 e. The number of hydrogen-bond donors (Lipinski definition) is 0. The predicted octanol–water partition coefficient (Wildman–Crippen LogP) is 35.4. The summed E-state index contributed by atoms with van der Waals surface area (Å²) in [6, 6.07) is 196. The van der Waals surface area contributed by atoms with Crippen molar-refractivity contribution in [3.8, 4) is 83.6 Å². The molecule has 0 N–H and O–H groups in total. The molecule has 0 saturated heterocycles. The van der Waals surface area contributed by atoms with Gasteiger partial charge in [-0.3, -0.25) is 0 Å². The van der Waals surface area contributed by atoms with Gasteiger partial charge in [-0.2, -0.15) is 0 Å². The van der Waals surface area contributed by atoms with E-state index in [9.17, 15) is 0 Å². The van der Waals surface area contributed by atoms with Crippen molar-refractivity contribution in [2.24, 2.45) is 0 Å². The van der Waals surface area contributed by atoms with E-state index in [-0.39, 0.29) is 0 Å². The van der Waals surface area contributed by atoms with E-state index < -0.39 is 16.2 Å². The van der Waals surface area contributed by atoms with E-state index in [0.29, 0.717) is 0 Å². The van der Waals surface area contributed by atoms with Crippen LogP contribution in [0.5, 0.6) is 0 Å². The molecule has 0 fully saturated rings. The lowest BCUT2D eigenvalue weighted by Crippen LogP contribution is -2.26. The minimum absolute atomic E-state index is 0.451. The van der Waals surface area contributed by atoms with E-state index >= 15 is 0 Å². The molecule has 0 radical (unpaired) electrons. The number of hydrogen-bond acceptors (Lipinski definition) is 4. The van der Waals surface area contributed by atoms with Gasteiger partial charge in [0, 0.05) is 95.0 Å². The molecular weight excluding hydrogens is 1690 g/mol. The van der Waals surface area contributed by atoms with Crippen LogP contribution in [-0.2, 0) is 22.7 Å². The van der Waals surface area contributed by atoms with Gasteiger partial charge in [0.15, 0.2) is 0 Å². The molecule has 0 bridgehead atoms. The maximum absolute atomic E-state index is 2.56. The second-order valence-corrected chi connectivity index (χ2v) is 38.1. The van der Waals surface area contributed by atoms with Crippen LogP contribution in [0.15, 0.2) is 522 Å². The standard InChI is InChI=1S/C135H91N5/c1-133(113-64-27-23-61-109(113)129-120(133)71-38-74-126(129)138(96-49-13-5-14-50-96)100-54-36-42-92(86-100)128-127(137(94-45-9-3-10-46-94)95-47-11-4-12-48-95)84-82-121-130(128)110-62-24-32-69-118(110)134(121)114-65-28-19-56-104(114)105-57-20-29-66-115(105)134)88-89-39-35-53-99(85-89)139-124-72-34-26-60-108(124)112-87-101(79-83-125(112)139)136(93-43-7-2-8-44-93)98-77-75-91(76-78-98)103-80-81-122-131(132(103)140(97-51-15-6-16-52-97)123-73-37-41-90-40-17-18-55-102(90)123)111-63-25-33-70-119(111)135(122)116-67-30-21-58-106(116)107-59-22-31-68-117(107)135/h2-87H,88H2,1H3. The summed E-state index contributed by atoms with van der Waals surface area (Å²) in [7, 11) is 0. The van der Waals surface area contributed by atoms with Gasteiger partial charge in [-0.1, -0.05) is 389 Å². The molecule has 1 heterocycles. The highest BCUT2D eigenvalue weighted by molar-refractivity contribution is 6.14. The van der Waals surface area contributed by atoms with Crippen LogP contribution in [0.3, 0.4) is 0 Å². The molecule has 5 nitrogen and oxygen atoms in total. The molecule has 5 aliphatic carbocycles. The van der Waals surface area contributed by atoms with Crippen molar-refractivity contribution >= 4 is 101 Å². The Balaban J connectivity index is 0.557. The number of fused-ring (bicyclic) bond motifs is 27. The van der Waals surface area contributed by atoms with Crippen molar-refractivity contribution in [2.75, 3.05) is 19.6 Å². The number of benzene rings is 22. The fourth-order valence-corrected chi connectivity index (χ4v) is 25.4. The Morgan fingerprint density at radius 2 is 0.586 bits per heavy atom. The molecule has 1 aromatic heterocycles. The molecule has 5 aliphatic rings. The summed E-state index contributed by atoms with van der Waals surface area (Å²) in [5.41, 5.74) is 46.2. The SMILES string of the molecule is CC1(Cc2cccc(-n3c4ccccc4c4cc(N(c5ccccc5)c5ccc(-c6ccc7c(c6N(c6ccccc6)c6cccc8ccccc68)-c6ccccc6C76c7ccccc7-c7ccccc76)cc5)ccc43)c2)c2ccccc2-c2c(N(c3ccccc3)c3cccc(-c4c(N(c5ccccc5)c5ccccc5)ccc5c4-c4ccccc4C54c5ccccc5-c5ccccc54)c3)cccc21. The first-order valence-corrected chi connectivity index (χ1v) is 48.8. The van der Waals surface area contributed by atoms with Gasteiger partial charge in [0.25, 0.3) is 0 Å². The Kier molecular flexibility index (Phi) is 18.3. The summed E-state index contributed by atoms with van der Waals surface area (Å²) in [4.78, 5) is 9.99. The van der Waals surface area contributed by atoms with E-state index in [1.807, 2.05) is 0 Å². The van der Waals surface area contributed by atoms with Crippen LogP contribution in [0.1, 0.15) is 68.1 Å². The smallest absolute Gasteiger partial charge is 0.0726 e. The van der Waals surface area contributed by atoms with Crippen molar-refractivity contribution < 1.29 is 0 Å². The van der Waals surface area contributed by atoms with E-state index in [2.05, 4.69) is 553 Å². The van der Waals surface area contributed by atoms with E-state index in [0.717, 1.165) is 108 Å². The van der Waals surface area contributed by atoms with Gasteiger partial charge in [-0.25, -0.2) is 0 Å². The van der Waals surface area contributed by atoms with E-state index in [1.54, 1.807) is 0 Å². The first-order valence-electron chi connectivity index (χ1n) is 48.8. The van der Waals surface area contributed by atoms with Crippen LogP contribution in [0.25, 0.3) is 116 Å². The zero-order valence-corrected chi connectivity index (χ0v) is 77.1. The third-order valence-electron chi connectivity index (χ3n) is 31.0. The fourth-order valence-electron chi connectivity index (χ4n) is 25.4. The van der Waals surface area contributed by atoms with Crippen LogP contribution in [0, 0.1) is 0 Å². The monoisotopic (exact) mass is 1780 g/mol. The normalized spacial score (nSPS) is 14.1. The minimum atomic E-state index is -0.566. The Morgan fingerprint density at radius 3 is 1.17 bits per heavy atom. The minimum Gasteiger partial charge on any atom is -0.310 e. The predicted molar refractivity (Wildman–Crippen MR) is 583 cm³/mol. The van der Waals surface area contributed by atoms with Crippen LogP contribution < -0.4 is 19.6 Å². The number of anilines is 12. The van der Waals surface area contributed by atoms with Crippen LogP contribution in [0.2, 0.25) is 0 Å². The number of nitrogens with zero attached hydrogens (tertiary/aromatic N) is 5. The zero-order chi connectivity index (χ0) is 92.3. The van der Waals surface area contributed by atoms with Crippen LogP contribution >= 0.6 is 0 Å². The highest BCUT2D eigenvalue weighted by atomic mass is 15.2. The van der Waals surface area contributed by atoms with Gasteiger partial charge >= 0.3 is 0 Å². The Labute approximate surface area is 815 Å². The molecule has 0 amide bonds. The quantitative estimate of drug-likeness (QED) is 0.0904. The molecule has 28 rings (SSSR count). The second-order valence-electron chi connectivity index (χ2n) is 38.1. The molecule has 5 heteroatoms. The summed E-state index contributed by atoms with van der Waals surface area (Å²) in [5, 5.41) is 4.72. The average Bonchev–Trinajstić information content (AvgIpc) is 1.50. The second kappa shape index (κ2) is 31.9. The first kappa shape index (κ1) is 80.5. The summed E-state index contributed by atoms with van der Waals surface area (Å²) < 4.78 is 2.50. The van der Waals surface area contributed by atoms with Gasteiger partial charge in [-0.05, 0) is 268 Å². The van der Waals surface area contributed by atoms with Gasteiger partial charge in [-0.15, -0.1) is 0 Å². The van der Waals surface area contributed by atoms with E-state index in [4.69, 9.17) is 0 Å². The van der Waals surface area contributed by atoms with Crippen LogP contribution in [0.4, 0.5) is 68.2 Å². The lowest BCUT2D eigenvalue weighted by Gasteiger charge is -2.33. The number of para-hydroxylation sites is 6. The van der Waals surface area contributed by atoms with Gasteiger partial charge < -0.3 is 24.2 Å². The molecular formula is C135H91N5. The van der Waals surface area contributed by atoms with Crippen molar-refractivity contribution in [1.82, 2.24) is 4.57 Å². The number of aromatic nitrogens is 1. The molecule has 656 valence electrons. The van der Waals surface area contributed by atoms with Gasteiger partial charge in [0.1, 0.15) is 0 Å². The average molecular weight is 1780 g/mol. The molecule has 140 heavy (non-hydrogen) atoms. The van der Waals surface area contributed by atoms with Gasteiger partial charge in [0.05, 0.1) is 44.6 Å². The lowest BCUT2D eigenvalue weighted by molar-refractivity contribution is 0.583. The third-order valence-corrected chi connectivity index (χ3v) is 31.0. The molecule has 2 spiro atoms. The molecule has 22 aromatic carbocycles. The van der Waals surface area contributed by atoms with Crippen molar-refractivity contribution in [2.45, 2.75) is 29.6 Å². The van der Waals surface area contributed by atoms with Gasteiger partial charge in [0.2, 0.25) is 0 Å². The third kappa shape index (κ3) is 11.9. The molecule has 1 unspecified atom stereocenters. The maximum Gasteiger partial charge on any atom is 0.0726 e. The zero-order valence-electron chi connectivity index (χ0n) is 77.1. The Hall–Kier alpha value is -17.9. The van der Waals surface area contributed by atoms with Crippen molar-refractivity contribution in [3.05, 3.63) is 583 Å². The van der Waals surface area contributed by atoms with Crippen molar-refractivity contribution in [3.63, 3.8) is 0 Å². The molecule has 0 saturated carbocycles. The topological polar surface area (TPSA) is 17.9 Å². The summed E-state index contributed by atoms with van der Waals surface area (Å²) >= 11 is 0. The summed E-state index contributed by atoms with van der Waals surface area (Å²) in [5.74, 6) is 0. The maximum atomic E-state index is 2.56. The first-order chi connectivity index (χ1) is 69.4. The Morgan fingerprint density at radius 1 is 0.200 bits per heavy atom. The lowest BCUT2D eigenvalue weighted by atomic mass is 9.70. The number of rotatable bonds is 17. The Bertz CT molecular complexity index is 8810. The summed E-state index contributed by atoms with van der Waals surface area (Å²) in [6.45, 7) is 2.49. The highest BCUT2D eigenvalue weighted by Crippen LogP contribution is 2.69. The molecule has 1 atom stereocenters. The van der Waals surface area contributed by atoms with Crippen molar-refractivity contribution in [1.29, 1.82) is 0 Å². The summed E-state index contributed by atoms with van der Waals surface area (Å²) in [6.07, 6.45) is 0.752. The molecule has 0 aliphatic heterocycles. The van der Waals surface area contributed by atoms with E-state index in [1.165, 1.54) is 144 Å². The highest BCUT2D eigenvalue weighted by Gasteiger charge is 2.55. The fraction of sp³-hybridized carbons (Fsp3) is 0.0370. The molecule has 23 aromatic rings. The van der Waals surface area contributed by atoms with Crippen LogP contribution in [-0.4, -0.2) is 4.57 Å².